The van der Waals surface area contributed by atoms with Crippen LogP contribution in [0.4, 0.5) is 22.0 Å². The Balaban J connectivity index is 1.38. The summed E-state index contributed by atoms with van der Waals surface area (Å²) in [7, 11) is 0. The Bertz CT molecular complexity index is 989. The van der Waals surface area contributed by atoms with Crippen molar-refractivity contribution in [2.45, 2.75) is 33.1 Å². The van der Waals surface area contributed by atoms with E-state index in [9.17, 15) is 4.79 Å². The summed E-state index contributed by atoms with van der Waals surface area (Å²) >= 11 is 0. The molecule has 4 rings (SSSR count). The fraction of sp³-hybridized carbons (Fsp3) is 0.292. The molecular weight excluding hydrogens is 374 g/mol. The van der Waals surface area contributed by atoms with Crippen molar-refractivity contribution in [3.63, 3.8) is 0 Å². The van der Waals surface area contributed by atoms with Crippen molar-refractivity contribution in [1.29, 1.82) is 0 Å². The van der Waals surface area contributed by atoms with E-state index in [1.807, 2.05) is 62.4 Å². The number of hydrogen-bond acceptors (Lipinski definition) is 4. The molecule has 1 aliphatic rings. The van der Waals surface area contributed by atoms with Gasteiger partial charge in [0.25, 0.3) is 0 Å². The van der Waals surface area contributed by atoms with Gasteiger partial charge >= 0.3 is 6.03 Å². The molecule has 0 aliphatic carbocycles. The summed E-state index contributed by atoms with van der Waals surface area (Å²) in [6, 6.07) is 17.4. The molecule has 6 heteroatoms. The summed E-state index contributed by atoms with van der Waals surface area (Å²) in [5.74, 6) is 0.944. The van der Waals surface area contributed by atoms with Crippen LogP contribution in [-0.4, -0.2) is 29.3 Å². The first-order valence-corrected chi connectivity index (χ1v) is 10.4. The van der Waals surface area contributed by atoms with Crippen LogP contribution in [0.15, 0.2) is 54.6 Å². The number of carbonyl (C=O) groups is 1. The Labute approximate surface area is 177 Å². The molecule has 30 heavy (non-hydrogen) atoms. The maximum Gasteiger partial charge on any atom is 0.323 e. The van der Waals surface area contributed by atoms with Crippen molar-refractivity contribution < 1.29 is 4.79 Å². The van der Waals surface area contributed by atoms with E-state index < -0.39 is 0 Å². The lowest BCUT2D eigenvalue weighted by atomic mass is 10.1. The fourth-order valence-electron chi connectivity index (χ4n) is 3.84. The van der Waals surface area contributed by atoms with Crippen LogP contribution in [0.5, 0.6) is 0 Å². The number of aryl methyl sites for hydroxylation is 2. The average Bonchev–Trinajstić information content (AvgIpc) is 2.74. The van der Waals surface area contributed by atoms with E-state index in [0.717, 1.165) is 52.7 Å². The van der Waals surface area contributed by atoms with Crippen molar-refractivity contribution in [2.24, 2.45) is 0 Å². The lowest BCUT2D eigenvalue weighted by molar-refractivity contribution is 0.262. The highest BCUT2D eigenvalue weighted by atomic mass is 16.2. The minimum Gasteiger partial charge on any atom is -0.355 e. The second-order valence-electron chi connectivity index (χ2n) is 7.86. The molecule has 0 spiro atoms. The Morgan fingerprint density at radius 1 is 0.800 bits per heavy atom. The maximum absolute atomic E-state index is 12.3. The Kier molecular flexibility index (Phi) is 5.93. The molecule has 0 atom stereocenters. The minimum absolute atomic E-state index is 0.265. The van der Waals surface area contributed by atoms with Gasteiger partial charge in [0.15, 0.2) is 5.82 Å². The summed E-state index contributed by atoms with van der Waals surface area (Å²) in [5, 5.41) is 14.5. The van der Waals surface area contributed by atoms with E-state index in [1.54, 1.807) is 0 Å². The van der Waals surface area contributed by atoms with Crippen molar-refractivity contribution >= 4 is 23.2 Å². The molecule has 2 N–H and O–H groups in total. The molecule has 2 aromatic carbocycles. The highest BCUT2D eigenvalue weighted by molar-refractivity contribution is 5.99. The molecule has 3 aromatic rings. The SMILES string of the molecule is Cc1cc(C)cc(NC(=O)Nc2ccc(-c3ccc(N4CCCCC4)nn3)cc2)c1. The standard InChI is InChI=1S/C24H27N5O/c1-17-14-18(2)16-21(15-17)26-24(30)25-20-8-6-19(7-9-20)22-10-11-23(28-27-22)29-12-4-3-5-13-29/h6-11,14-16H,3-5,12-13H2,1-2H3,(H2,25,26,30). The predicted molar refractivity (Wildman–Crippen MR) is 122 cm³/mol. The number of piperidine rings is 1. The number of nitrogens with zero attached hydrogens (tertiary/aromatic N) is 3. The van der Waals surface area contributed by atoms with Gasteiger partial charge in [-0.3, -0.25) is 0 Å². The van der Waals surface area contributed by atoms with Crippen molar-refractivity contribution in [3.05, 3.63) is 65.7 Å². The zero-order chi connectivity index (χ0) is 20.9. The number of urea groups is 1. The second kappa shape index (κ2) is 8.95. The van der Waals surface area contributed by atoms with Gasteiger partial charge < -0.3 is 15.5 Å². The van der Waals surface area contributed by atoms with E-state index in [-0.39, 0.29) is 6.03 Å². The van der Waals surface area contributed by atoms with E-state index >= 15 is 0 Å². The van der Waals surface area contributed by atoms with Crippen LogP contribution >= 0.6 is 0 Å². The molecule has 1 fully saturated rings. The van der Waals surface area contributed by atoms with Gasteiger partial charge in [-0.25, -0.2) is 4.79 Å². The molecule has 1 saturated heterocycles. The van der Waals surface area contributed by atoms with Gasteiger partial charge in [-0.2, -0.15) is 0 Å². The molecule has 0 bridgehead atoms. The van der Waals surface area contributed by atoms with Crippen molar-refractivity contribution in [1.82, 2.24) is 10.2 Å². The molecule has 1 aromatic heterocycles. The van der Waals surface area contributed by atoms with E-state index in [4.69, 9.17) is 0 Å². The topological polar surface area (TPSA) is 70.2 Å². The predicted octanol–water partition coefficient (Wildman–Crippen LogP) is 5.39. The van der Waals surface area contributed by atoms with Gasteiger partial charge in [0.1, 0.15) is 0 Å². The normalized spacial score (nSPS) is 13.7. The number of anilines is 3. The molecule has 0 saturated carbocycles. The number of amides is 2. The van der Waals surface area contributed by atoms with Gasteiger partial charge in [0.2, 0.25) is 0 Å². The molecule has 1 aliphatic heterocycles. The third-order valence-corrected chi connectivity index (χ3v) is 5.25. The maximum atomic E-state index is 12.3. The summed E-state index contributed by atoms with van der Waals surface area (Å²) in [5.41, 5.74) is 5.52. The third kappa shape index (κ3) is 4.95. The monoisotopic (exact) mass is 401 g/mol. The highest BCUT2D eigenvalue weighted by Gasteiger charge is 2.13. The van der Waals surface area contributed by atoms with Gasteiger partial charge in [0.05, 0.1) is 5.69 Å². The molecule has 0 unspecified atom stereocenters. The Morgan fingerprint density at radius 2 is 1.47 bits per heavy atom. The zero-order valence-electron chi connectivity index (χ0n) is 17.5. The van der Waals surface area contributed by atoms with Gasteiger partial charge in [-0.1, -0.05) is 18.2 Å². The number of nitrogens with one attached hydrogen (secondary N) is 2. The molecule has 2 amide bonds. The fourth-order valence-corrected chi connectivity index (χ4v) is 3.84. The Hall–Kier alpha value is -3.41. The molecule has 6 nitrogen and oxygen atoms in total. The Morgan fingerprint density at radius 3 is 2.10 bits per heavy atom. The zero-order valence-corrected chi connectivity index (χ0v) is 17.5. The molecular formula is C24H27N5O. The van der Waals surface area contributed by atoms with Crippen LogP contribution in [-0.2, 0) is 0 Å². The summed E-state index contributed by atoms with van der Waals surface area (Å²) in [6.45, 7) is 6.13. The lowest BCUT2D eigenvalue weighted by Crippen LogP contribution is -2.30. The van der Waals surface area contributed by atoms with Gasteiger partial charge in [-0.15, -0.1) is 10.2 Å². The molecule has 154 valence electrons. The third-order valence-electron chi connectivity index (χ3n) is 5.25. The number of rotatable bonds is 4. The summed E-state index contributed by atoms with van der Waals surface area (Å²) < 4.78 is 0. The van der Waals surface area contributed by atoms with Crippen molar-refractivity contribution in [2.75, 3.05) is 28.6 Å². The van der Waals surface area contributed by atoms with Crippen LogP contribution < -0.4 is 15.5 Å². The lowest BCUT2D eigenvalue weighted by Gasteiger charge is -2.27. The smallest absolute Gasteiger partial charge is 0.323 e. The van der Waals surface area contributed by atoms with Gasteiger partial charge in [-0.05, 0) is 80.6 Å². The number of aromatic nitrogens is 2. The van der Waals surface area contributed by atoms with Crippen LogP contribution in [0.1, 0.15) is 30.4 Å². The van der Waals surface area contributed by atoms with Crippen LogP contribution in [0, 0.1) is 13.8 Å². The second-order valence-corrected chi connectivity index (χ2v) is 7.86. The quantitative estimate of drug-likeness (QED) is 0.614. The molecule has 2 heterocycles. The number of carbonyl (C=O) groups excluding carboxylic acids is 1. The van der Waals surface area contributed by atoms with E-state index in [0.29, 0.717) is 0 Å². The highest BCUT2D eigenvalue weighted by Crippen LogP contribution is 2.22. The first-order chi connectivity index (χ1) is 14.6. The molecule has 0 radical (unpaired) electrons. The van der Waals surface area contributed by atoms with Gasteiger partial charge in [0, 0.05) is 30.0 Å². The summed E-state index contributed by atoms with van der Waals surface area (Å²) in [6.07, 6.45) is 3.73. The average molecular weight is 402 g/mol. The van der Waals surface area contributed by atoms with E-state index in [1.165, 1.54) is 19.3 Å². The van der Waals surface area contributed by atoms with Crippen LogP contribution in [0.3, 0.4) is 0 Å². The van der Waals surface area contributed by atoms with Crippen molar-refractivity contribution in [3.8, 4) is 11.3 Å². The summed E-state index contributed by atoms with van der Waals surface area (Å²) in [4.78, 5) is 14.6. The van der Waals surface area contributed by atoms with Crippen LogP contribution in [0.25, 0.3) is 11.3 Å². The largest absolute Gasteiger partial charge is 0.355 e. The van der Waals surface area contributed by atoms with Crippen LogP contribution in [0.2, 0.25) is 0 Å². The minimum atomic E-state index is -0.265. The first-order valence-electron chi connectivity index (χ1n) is 10.4. The number of benzene rings is 2. The first kappa shape index (κ1) is 19.9. The van der Waals surface area contributed by atoms with E-state index in [2.05, 4.69) is 31.8 Å². The number of hydrogen-bond donors (Lipinski definition) is 2.